The van der Waals surface area contributed by atoms with Gasteiger partial charge in [0.2, 0.25) is 0 Å². The van der Waals surface area contributed by atoms with Crippen molar-refractivity contribution in [1.29, 1.82) is 0 Å². The van der Waals surface area contributed by atoms with E-state index in [1.54, 1.807) is 12.1 Å². The summed E-state index contributed by atoms with van der Waals surface area (Å²) >= 11 is 0. The summed E-state index contributed by atoms with van der Waals surface area (Å²) in [6.45, 7) is 7.58. The summed E-state index contributed by atoms with van der Waals surface area (Å²) < 4.78 is 25.5. The van der Waals surface area contributed by atoms with E-state index in [1.807, 2.05) is 27.7 Å². The van der Waals surface area contributed by atoms with Crippen LogP contribution in [0.4, 0.5) is 4.39 Å². The van der Waals surface area contributed by atoms with E-state index in [1.165, 1.54) is 12.5 Å². The molecular formula is C19H27FO3. The largest absolute Gasteiger partial charge is 0.485 e. The Morgan fingerprint density at radius 3 is 2.48 bits per heavy atom. The maximum absolute atomic E-state index is 14.3. The lowest BCUT2D eigenvalue weighted by Crippen LogP contribution is -2.34. The molecule has 0 spiro atoms. The van der Waals surface area contributed by atoms with Gasteiger partial charge in [0.1, 0.15) is 11.4 Å². The number of carbonyl (C=O) groups is 1. The van der Waals surface area contributed by atoms with Crippen LogP contribution in [0.5, 0.6) is 11.5 Å². The standard InChI is InChI=1S/C19H27FO3/c1-5-18(2,3)17(21)22-14-9-10-16(15(20)13-14)23-19(4)11-7-6-8-12-19/h9-10,13H,5-8,11-12H2,1-4H3. The number of rotatable bonds is 5. The molecule has 1 aromatic carbocycles. The van der Waals surface area contributed by atoms with Crippen LogP contribution in [-0.4, -0.2) is 11.6 Å². The Morgan fingerprint density at radius 2 is 1.91 bits per heavy atom. The van der Waals surface area contributed by atoms with Crippen LogP contribution >= 0.6 is 0 Å². The van der Waals surface area contributed by atoms with Gasteiger partial charge in [-0.25, -0.2) is 4.39 Å². The molecule has 3 nitrogen and oxygen atoms in total. The van der Waals surface area contributed by atoms with Crippen molar-refractivity contribution in [2.75, 3.05) is 0 Å². The lowest BCUT2D eigenvalue weighted by molar-refractivity contribution is -0.144. The van der Waals surface area contributed by atoms with Crippen molar-refractivity contribution in [3.05, 3.63) is 24.0 Å². The Bertz CT molecular complexity index is 560. The highest BCUT2D eigenvalue weighted by atomic mass is 19.1. The molecule has 23 heavy (non-hydrogen) atoms. The third-order valence-corrected chi connectivity index (χ3v) is 4.82. The number of hydrogen-bond donors (Lipinski definition) is 0. The lowest BCUT2D eigenvalue weighted by Gasteiger charge is -2.34. The van der Waals surface area contributed by atoms with Gasteiger partial charge in [-0.3, -0.25) is 4.79 Å². The fourth-order valence-electron chi connectivity index (χ4n) is 2.68. The molecule has 2 rings (SSSR count). The second kappa shape index (κ2) is 6.90. The summed E-state index contributed by atoms with van der Waals surface area (Å²) in [5.74, 6) is -0.400. The zero-order chi connectivity index (χ0) is 17.1. The van der Waals surface area contributed by atoms with Gasteiger partial charge < -0.3 is 9.47 Å². The summed E-state index contributed by atoms with van der Waals surface area (Å²) in [5.41, 5.74) is -0.886. The molecule has 0 heterocycles. The second-order valence-corrected chi connectivity index (χ2v) is 7.33. The van der Waals surface area contributed by atoms with Crippen LogP contribution in [0.15, 0.2) is 18.2 Å². The van der Waals surface area contributed by atoms with E-state index < -0.39 is 11.2 Å². The van der Waals surface area contributed by atoms with Gasteiger partial charge in [0.15, 0.2) is 11.6 Å². The van der Waals surface area contributed by atoms with Gasteiger partial charge in [0, 0.05) is 6.07 Å². The van der Waals surface area contributed by atoms with Gasteiger partial charge in [0.25, 0.3) is 0 Å². The summed E-state index contributed by atoms with van der Waals surface area (Å²) in [7, 11) is 0. The van der Waals surface area contributed by atoms with E-state index in [0.717, 1.165) is 25.7 Å². The van der Waals surface area contributed by atoms with Crippen molar-refractivity contribution < 1.29 is 18.7 Å². The highest BCUT2D eigenvalue weighted by Crippen LogP contribution is 2.35. The molecule has 0 unspecified atom stereocenters. The number of hydrogen-bond acceptors (Lipinski definition) is 3. The Labute approximate surface area is 138 Å². The summed E-state index contributed by atoms with van der Waals surface area (Å²) in [6, 6.07) is 4.37. The zero-order valence-corrected chi connectivity index (χ0v) is 14.6. The predicted molar refractivity (Wildman–Crippen MR) is 88.2 cm³/mol. The summed E-state index contributed by atoms with van der Waals surface area (Å²) in [5, 5.41) is 0. The first-order valence-corrected chi connectivity index (χ1v) is 8.47. The van der Waals surface area contributed by atoms with E-state index in [4.69, 9.17) is 9.47 Å². The molecule has 4 heteroatoms. The Hall–Kier alpha value is -1.58. The zero-order valence-electron chi connectivity index (χ0n) is 14.6. The molecule has 1 aliphatic rings. The maximum atomic E-state index is 14.3. The van der Waals surface area contributed by atoms with Crippen molar-refractivity contribution in [3.8, 4) is 11.5 Å². The molecule has 0 aromatic heterocycles. The summed E-state index contributed by atoms with van der Waals surface area (Å²) in [4.78, 5) is 12.1. The van der Waals surface area contributed by atoms with Crippen molar-refractivity contribution in [2.45, 2.75) is 71.8 Å². The molecule has 1 aromatic rings. The molecule has 0 atom stereocenters. The number of esters is 1. The molecular weight excluding hydrogens is 295 g/mol. The minimum atomic E-state index is -0.582. The molecule has 0 aliphatic heterocycles. The average molecular weight is 322 g/mol. The van der Waals surface area contributed by atoms with E-state index >= 15 is 0 Å². The molecule has 0 radical (unpaired) electrons. The van der Waals surface area contributed by atoms with Crippen LogP contribution in [0, 0.1) is 11.2 Å². The van der Waals surface area contributed by atoms with Crippen LogP contribution < -0.4 is 9.47 Å². The number of halogens is 1. The Balaban J connectivity index is 2.07. The minimum Gasteiger partial charge on any atom is -0.485 e. The number of ether oxygens (including phenoxy) is 2. The van der Waals surface area contributed by atoms with Crippen molar-refractivity contribution in [1.82, 2.24) is 0 Å². The quantitative estimate of drug-likeness (QED) is 0.547. The fraction of sp³-hybridized carbons (Fsp3) is 0.632. The molecule has 1 aliphatic carbocycles. The molecule has 128 valence electrons. The smallest absolute Gasteiger partial charge is 0.316 e. The lowest BCUT2D eigenvalue weighted by atomic mass is 9.86. The van der Waals surface area contributed by atoms with Gasteiger partial charge in [-0.2, -0.15) is 0 Å². The summed E-state index contributed by atoms with van der Waals surface area (Å²) in [6.07, 6.45) is 5.97. The highest BCUT2D eigenvalue weighted by molar-refractivity contribution is 5.78. The van der Waals surface area contributed by atoms with E-state index in [0.29, 0.717) is 6.42 Å². The third-order valence-electron chi connectivity index (χ3n) is 4.82. The number of carbonyl (C=O) groups excluding carboxylic acids is 1. The van der Waals surface area contributed by atoms with Gasteiger partial charge in [0.05, 0.1) is 5.41 Å². The van der Waals surface area contributed by atoms with Crippen LogP contribution in [-0.2, 0) is 4.79 Å². The van der Waals surface area contributed by atoms with E-state index in [9.17, 15) is 9.18 Å². The van der Waals surface area contributed by atoms with Crippen LogP contribution in [0.2, 0.25) is 0 Å². The maximum Gasteiger partial charge on any atom is 0.316 e. The topological polar surface area (TPSA) is 35.5 Å². The normalized spacial score (nSPS) is 17.6. The van der Waals surface area contributed by atoms with Crippen LogP contribution in [0.25, 0.3) is 0 Å². The molecule has 0 saturated heterocycles. The number of benzene rings is 1. The SMILES string of the molecule is CCC(C)(C)C(=O)Oc1ccc(OC2(C)CCCCC2)c(F)c1. The second-order valence-electron chi connectivity index (χ2n) is 7.33. The molecule has 0 amide bonds. The predicted octanol–water partition coefficient (Wildman–Crippen LogP) is 5.27. The first-order valence-electron chi connectivity index (χ1n) is 8.47. The first kappa shape index (κ1) is 17.8. The van der Waals surface area contributed by atoms with Gasteiger partial charge in [-0.05, 0) is 65.0 Å². The van der Waals surface area contributed by atoms with Gasteiger partial charge in [-0.1, -0.05) is 13.3 Å². The first-order chi connectivity index (χ1) is 10.8. The van der Waals surface area contributed by atoms with Crippen molar-refractivity contribution >= 4 is 5.97 Å². The minimum absolute atomic E-state index is 0.218. The molecule has 0 N–H and O–H groups in total. The van der Waals surface area contributed by atoms with E-state index in [2.05, 4.69) is 0 Å². The monoisotopic (exact) mass is 322 g/mol. The molecule has 0 bridgehead atoms. The van der Waals surface area contributed by atoms with Crippen molar-refractivity contribution in [3.63, 3.8) is 0 Å². The van der Waals surface area contributed by atoms with Crippen LogP contribution in [0.1, 0.15) is 66.2 Å². The van der Waals surface area contributed by atoms with Gasteiger partial charge >= 0.3 is 5.97 Å². The average Bonchev–Trinajstić information content (AvgIpc) is 2.50. The van der Waals surface area contributed by atoms with Crippen LogP contribution in [0.3, 0.4) is 0 Å². The van der Waals surface area contributed by atoms with E-state index in [-0.39, 0.29) is 23.1 Å². The van der Waals surface area contributed by atoms with Crippen molar-refractivity contribution in [2.24, 2.45) is 5.41 Å². The third kappa shape index (κ3) is 4.46. The molecule has 1 saturated carbocycles. The highest BCUT2D eigenvalue weighted by Gasteiger charge is 2.30. The Morgan fingerprint density at radius 1 is 1.26 bits per heavy atom. The Kier molecular flexibility index (Phi) is 5.33. The molecule has 1 fully saturated rings. The fourth-order valence-corrected chi connectivity index (χ4v) is 2.68. The van der Waals surface area contributed by atoms with Gasteiger partial charge in [-0.15, -0.1) is 0 Å².